The number of rotatable bonds is 2. The number of nitrogens with zero attached hydrogens (tertiary/aromatic N) is 3. The molecular weight excluding hydrogens is 421 g/mol. The number of fused-ring (bicyclic) bond motifs is 2. The summed E-state index contributed by atoms with van der Waals surface area (Å²) < 4.78 is 5.84. The van der Waals surface area contributed by atoms with Crippen LogP contribution in [0, 0.1) is 0 Å². The lowest BCUT2D eigenvalue weighted by molar-refractivity contribution is 0.0970. The fraction of sp³-hybridized carbons (Fsp3) is 0.0526. The van der Waals surface area contributed by atoms with Crippen LogP contribution in [0.5, 0.6) is 0 Å². The molecule has 28 heavy (non-hydrogen) atoms. The Morgan fingerprint density at radius 3 is 2.50 bits per heavy atom. The molecule has 138 valence electrons. The zero-order chi connectivity index (χ0) is 19.4. The molecule has 0 saturated carbocycles. The van der Waals surface area contributed by atoms with Crippen LogP contribution in [0.3, 0.4) is 0 Å². The summed E-state index contributed by atoms with van der Waals surface area (Å²) in [5.74, 6) is -0.448. The lowest BCUT2D eigenvalue weighted by atomic mass is 9.99. The third kappa shape index (κ3) is 2.55. The number of carbonyl (C=O) groups is 1. The fourth-order valence-electron chi connectivity index (χ4n) is 3.38. The van der Waals surface area contributed by atoms with Crippen molar-refractivity contribution in [1.29, 1.82) is 0 Å². The van der Waals surface area contributed by atoms with E-state index in [2.05, 4.69) is 10.2 Å². The van der Waals surface area contributed by atoms with Crippen molar-refractivity contribution < 1.29 is 9.21 Å². The lowest BCUT2D eigenvalue weighted by Gasteiger charge is -2.22. The Bertz CT molecular complexity index is 1290. The molecule has 0 radical (unpaired) electrons. The van der Waals surface area contributed by atoms with Crippen molar-refractivity contribution in [3.63, 3.8) is 0 Å². The Balaban J connectivity index is 1.83. The molecule has 0 bridgehead atoms. The number of halogens is 2. The molecule has 0 aliphatic carbocycles. The molecule has 2 aromatic heterocycles. The van der Waals surface area contributed by atoms with Gasteiger partial charge in [-0.25, -0.2) is 0 Å². The minimum Gasteiger partial charge on any atom is -0.450 e. The lowest BCUT2D eigenvalue weighted by Crippen LogP contribution is -2.29. The number of carbonyl (C=O) groups excluding carboxylic acids is 1. The normalized spacial score (nSPS) is 16.0. The van der Waals surface area contributed by atoms with Gasteiger partial charge in [0.1, 0.15) is 11.1 Å². The Morgan fingerprint density at radius 2 is 1.79 bits per heavy atom. The smallest absolute Gasteiger partial charge is 0.297 e. The van der Waals surface area contributed by atoms with Gasteiger partial charge in [0.05, 0.1) is 17.0 Å². The molecule has 0 saturated heterocycles. The fourth-order valence-corrected chi connectivity index (χ4v) is 4.26. The monoisotopic (exact) mass is 429 g/mol. The number of anilines is 1. The van der Waals surface area contributed by atoms with Crippen LogP contribution >= 0.6 is 34.5 Å². The third-order valence-electron chi connectivity index (χ3n) is 4.57. The van der Waals surface area contributed by atoms with Crippen LogP contribution < -0.4 is 10.3 Å². The molecule has 5 rings (SSSR count). The summed E-state index contributed by atoms with van der Waals surface area (Å²) >= 11 is 13.3. The van der Waals surface area contributed by atoms with E-state index in [1.165, 1.54) is 21.7 Å². The zero-order valence-corrected chi connectivity index (χ0v) is 16.3. The molecule has 4 aromatic rings. The highest BCUT2D eigenvalue weighted by Gasteiger charge is 2.44. The first-order valence-corrected chi connectivity index (χ1v) is 9.79. The van der Waals surface area contributed by atoms with Gasteiger partial charge in [-0.15, -0.1) is 10.2 Å². The van der Waals surface area contributed by atoms with Crippen molar-refractivity contribution in [3.8, 4) is 0 Å². The van der Waals surface area contributed by atoms with Crippen LogP contribution in [0.15, 0.2) is 57.2 Å². The first-order valence-electron chi connectivity index (χ1n) is 8.16. The molecule has 6 nitrogen and oxygen atoms in total. The number of aromatic nitrogens is 2. The second kappa shape index (κ2) is 6.41. The van der Waals surface area contributed by atoms with Crippen LogP contribution in [0.2, 0.25) is 10.0 Å². The number of hydrogen-bond donors (Lipinski definition) is 0. The van der Waals surface area contributed by atoms with E-state index in [-0.39, 0.29) is 16.8 Å². The van der Waals surface area contributed by atoms with Gasteiger partial charge >= 0.3 is 0 Å². The Labute approximate surface area is 171 Å². The molecule has 1 aliphatic heterocycles. The molecule has 3 heterocycles. The molecule has 1 amide bonds. The summed E-state index contributed by atoms with van der Waals surface area (Å²) in [5, 5.41) is 9.49. The van der Waals surface area contributed by atoms with Crippen LogP contribution in [-0.2, 0) is 0 Å². The second-order valence-corrected chi connectivity index (χ2v) is 7.85. The summed E-state index contributed by atoms with van der Waals surface area (Å²) in [4.78, 5) is 27.9. The average molecular weight is 430 g/mol. The zero-order valence-electron chi connectivity index (χ0n) is 13.9. The number of hydrogen-bond acceptors (Lipinski definition) is 6. The van der Waals surface area contributed by atoms with Gasteiger partial charge in [-0.1, -0.05) is 46.7 Å². The highest BCUT2D eigenvalue weighted by atomic mass is 35.5. The van der Waals surface area contributed by atoms with Crippen LogP contribution in [-0.4, -0.2) is 16.1 Å². The molecule has 0 fully saturated rings. The molecule has 9 heteroatoms. The van der Waals surface area contributed by atoms with Gasteiger partial charge < -0.3 is 4.42 Å². The minimum absolute atomic E-state index is 0.00466. The first-order chi connectivity index (χ1) is 13.5. The van der Waals surface area contributed by atoms with E-state index in [9.17, 15) is 9.59 Å². The van der Waals surface area contributed by atoms with Gasteiger partial charge in [-0.3, -0.25) is 14.5 Å². The van der Waals surface area contributed by atoms with E-state index in [0.29, 0.717) is 31.7 Å². The van der Waals surface area contributed by atoms with Gasteiger partial charge in [0.25, 0.3) is 5.91 Å². The van der Waals surface area contributed by atoms with Gasteiger partial charge in [-0.2, -0.15) is 0 Å². The van der Waals surface area contributed by atoms with Gasteiger partial charge in [0.2, 0.25) is 10.9 Å². The quantitative estimate of drug-likeness (QED) is 0.461. The van der Waals surface area contributed by atoms with Gasteiger partial charge in [0, 0.05) is 10.0 Å². The van der Waals surface area contributed by atoms with E-state index < -0.39 is 11.9 Å². The topological polar surface area (TPSA) is 76.3 Å². The van der Waals surface area contributed by atoms with E-state index in [1.807, 2.05) is 0 Å². The highest BCUT2D eigenvalue weighted by molar-refractivity contribution is 7.13. The summed E-state index contributed by atoms with van der Waals surface area (Å²) in [7, 11) is 0. The number of benzene rings is 2. The average Bonchev–Trinajstić information content (AvgIpc) is 3.30. The summed E-state index contributed by atoms with van der Waals surface area (Å²) in [5.41, 5.74) is 2.47. The van der Waals surface area contributed by atoms with Crippen molar-refractivity contribution in [3.05, 3.63) is 85.1 Å². The molecule has 1 atom stereocenters. The maximum atomic E-state index is 13.3. The molecule has 1 aliphatic rings. The van der Waals surface area contributed by atoms with Crippen LogP contribution in [0.1, 0.15) is 27.7 Å². The maximum absolute atomic E-state index is 13.3. The van der Waals surface area contributed by atoms with E-state index in [4.69, 9.17) is 27.6 Å². The molecule has 0 spiro atoms. The molecule has 0 N–H and O–H groups in total. The minimum atomic E-state index is -0.702. The Morgan fingerprint density at radius 1 is 1.04 bits per heavy atom. The maximum Gasteiger partial charge on any atom is 0.297 e. The first kappa shape index (κ1) is 17.4. The van der Waals surface area contributed by atoms with E-state index in [0.717, 1.165) is 0 Å². The van der Waals surface area contributed by atoms with Crippen LogP contribution in [0.25, 0.3) is 11.0 Å². The Hall–Kier alpha value is -2.74. The number of amides is 1. The predicted molar refractivity (Wildman–Crippen MR) is 108 cm³/mol. The van der Waals surface area contributed by atoms with E-state index >= 15 is 0 Å². The van der Waals surface area contributed by atoms with Crippen molar-refractivity contribution in [2.24, 2.45) is 0 Å². The van der Waals surface area contributed by atoms with Crippen LogP contribution in [0.4, 0.5) is 5.13 Å². The third-order valence-corrected chi connectivity index (χ3v) is 5.75. The van der Waals surface area contributed by atoms with Crippen molar-refractivity contribution in [2.75, 3.05) is 4.90 Å². The van der Waals surface area contributed by atoms with E-state index in [1.54, 1.807) is 42.5 Å². The van der Waals surface area contributed by atoms with Crippen molar-refractivity contribution in [1.82, 2.24) is 10.2 Å². The van der Waals surface area contributed by atoms with Crippen molar-refractivity contribution in [2.45, 2.75) is 6.04 Å². The molecular formula is C19H9Cl2N3O3S. The SMILES string of the molecule is O=C1c2oc3ccc(Cl)cc3c(=O)c2C(c2ccc(Cl)cc2)N1c1nncs1. The Kier molecular flexibility index (Phi) is 3.97. The predicted octanol–water partition coefficient (Wildman–Crippen LogP) is 4.70. The largest absolute Gasteiger partial charge is 0.450 e. The summed E-state index contributed by atoms with van der Waals surface area (Å²) in [6.45, 7) is 0. The standard InChI is InChI=1S/C19H9Cl2N3O3S/c20-10-3-1-9(2-4-10)15-14-16(25)12-7-11(21)5-6-13(12)27-17(14)18(26)24(15)19-23-22-8-28-19/h1-8,15H. The molecule has 2 aromatic carbocycles. The highest BCUT2D eigenvalue weighted by Crippen LogP contribution is 2.41. The summed E-state index contributed by atoms with van der Waals surface area (Å²) in [6.07, 6.45) is 0. The summed E-state index contributed by atoms with van der Waals surface area (Å²) in [6, 6.07) is 11.0. The van der Waals surface area contributed by atoms with Crippen molar-refractivity contribution >= 4 is 56.5 Å². The molecule has 1 unspecified atom stereocenters. The van der Waals surface area contributed by atoms with Gasteiger partial charge in [-0.05, 0) is 35.9 Å². The second-order valence-electron chi connectivity index (χ2n) is 6.17. The van der Waals surface area contributed by atoms with Gasteiger partial charge in [0.15, 0.2) is 5.43 Å².